The van der Waals surface area contributed by atoms with Crippen LogP contribution in [0.5, 0.6) is 5.75 Å². The Morgan fingerprint density at radius 2 is 2.19 bits per heavy atom. The van der Waals surface area contributed by atoms with E-state index in [4.69, 9.17) is 4.74 Å². The van der Waals surface area contributed by atoms with Crippen LogP contribution in [0.3, 0.4) is 0 Å². The average Bonchev–Trinajstić information content (AvgIpc) is 2.48. The van der Waals surface area contributed by atoms with Gasteiger partial charge in [-0.05, 0) is 25.5 Å². The fourth-order valence-electron chi connectivity index (χ4n) is 2.93. The van der Waals surface area contributed by atoms with Gasteiger partial charge in [0.05, 0.1) is 7.11 Å². The van der Waals surface area contributed by atoms with Crippen molar-refractivity contribution in [3.8, 4) is 5.75 Å². The molecular formula is C17H27FN2O. The Hall–Kier alpha value is -1.13. The third-order valence-electron chi connectivity index (χ3n) is 4.15. The van der Waals surface area contributed by atoms with Crippen LogP contribution in [-0.2, 0) is 6.54 Å². The van der Waals surface area contributed by atoms with Crippen LogP contribution in [0.1, 0.15) is 38.7 Å². The first kappa shape index (κ1) is 16.2. The number of ether oxygens (including phenoxy) is 1. The highest BCUT2D eigenvalue weighted by atomic mass is 19.1. The van der Waals surface area contributed by atoms with Crippen LogP contribution in [0.4, 0.5) is 4.39 Å². The standard InChI is InChI=1S/C17H27FN2O/c1-13(2)19-11-15-8-4-5-10-20(15)12-14-7-6-9-16(21-3)17(14)18/h6-7,9,13,15,19H,4-5,8,10-12H2,1-3H3. The van der Waals surface area contributed by atoms with E-state index in [2.05, 4.69) is 24.1 Å². The second-order valence-corrected chi connectivity index (χ2v) is 6.12. The third kappa shape index (κ3) is 4.42. The van der Waals surface area contributed by atoms with Crippen LogP contribution in [-0.4, -0.2) is 37.2 Å². The summed E-state index contributed by atoms with van der Waals surface area (Å²) in [5.41, 5.74) is 0.728. The highest BCUT2D eigenvalue weighted by molar-refractivity contribution is 5.31. The third-order valence-corrected chi connectivity index (χ3v) is 4.15. The number of rotatable bonds is 6. The first-order chi connectivity index (χ1) is 10.1. The van der Waals surface area contributed by atoms with E-state index in [1.165, 1.54) is 26.4 Å². The number of hydrogen-bond acceptors (Lipinski definition) is 3. The van der Waals surface area contributed by atoms with E-state index in [1.807, 2.05) is 12.1 Å². The maximum atomic E-state index is 14.3. The van der Waals surface area contributed by atoms with E-state index in [0.29, 0.717) is 24.4 Å². The molecule has 0 amide bonds. The molecule has 1 N–H and O–H groups in total. The summed E-state index contributed by atoms with van der Waals surface area (Å²) in [6.45, 7) is 7.00. The number of halogens is 1. The topological polar surface area (TPSA) is 24.5 Å². The van der Waals surface area contributed by atoms with Gasteiger partial charge in [0.2, 0.25) is 0 Å². The minimum absolute atomic E-state index is 0.221. The predicted octanol–water partition coefficient (Wildman–Crippen LogP) is 3.19. The number of benzene rings is 1. The normalized spacial score (nSPS) is 20.0. The molecule has 1 aliphatic rings. The first-order valence-corrected chi connectivity index (χ1v) is 7.90. The highest BCUT2D eigenvalue weighted by Gasteiger charge is 2.23. The van der Waals surface area contributed by atoms with E-state index in [-0.39, 0.29) is 5.82 Å². The number of nitrogens with zero attached hydrogens (tertiary/aromatic N) is 1. The van der Waals surface area contributed by atoms with Gasteiger partial charge in [0, 0.05) is 30.7 Å². The average molecular weight is 294 g/mol. The largest absolute Gasteiger partial charge is 0.494 e. The maximum Gasteiger partial charge on any atom is 0.169 e. The van der Waals surface area contributed by atoms with E-state index in [9.17, 15) is 4.39 Å². The van der Waals surface area contributed by atoms with Crippen molar-refractivity contribution in [3.63, 3.8) is 0 Å². The van der Waals surface area contributed by atoms with E-state index < -0.39 is 0 Å². The lowest BCUT2D eigenvalue weighted by molar-refractivity contribution is 0.134. The lowest BCUT2D eigenvalue weighted by Crippen LogP contribution is -2.46. The first-order valence-electron chi connectivity index (χ1n) is 7.90. The summed E-state index contributed by atoms with van der Waals surface area (Å²) in [5.74, 6) is 0.113. The Morgan fingerprint density at radius 1 is 1.38 bits per heavy atom. The Balaban J connectivity index is 2.05. The van der Waals surface area contributed by atoms with Gasteiger partial charge in [-0.15, -0.1) is 0 Å². The van der Waals surface area contributed by atoms with Crippen molar-refractivity contribution in [2.24, 2.45) is 0 Å². The molecule has 1 aromatic rings. The fraction of sp³-hybridized carbons (Fsp3) is 0.647. The molecule has 0 bridgehead atoms. The predicted molar refractivity (Wildman–Crippen MR) is 84.1 cm³/mol. The van der Waals surface area contributed by atoms with Gasteiger partial charge >= 0.3 is 0 Å². The van der Waals surface area contributed by atoms with Gasteiger partial charge < -0.3 is 10.1 Å². The number of likely N-dealkylation sites (tertiary alicyclic amines) is 1. The molecule has 1 heterocycles. The molecule has 0 radical (unpaired) electrons. The van der Waals surface area contributed by atoms with Gasteiger partial charge in [-0.25, -0.2) is 4.39 Å². The summed E-state index contributed by atoms with van der Waals surface area (Å²) in [4.78, 5) is 2.40. The molecule has 0 aliphatic carbocycles. The van der Waals surface area contributed by atoms with Crippen LogP contribution in [0.15, 0.2) is 18.2 Å². The summed E-state index contributed by atoms with van der Waals surface area (Å²) in [5, 5.41) is 3.51. The molecule has 3 nitrogen and oxygen atoms in total. The molecule has 21 heavy (non-hydrogen) atoms. The van der Waals surface area contributed by atoms with Crippen molar-refractivity contribution < 1.29 is 9.13 Å². The summed E-state index contributed by atoms with van der Waals surface area (Å²) in [7, 11) is 1.51. The number of hydrogen-bond donors (Lipinski definition) is 1. The Bertz CT molecular complexity index is 450. The molecule has 0 spiro atoms. The van der Waals surface area contributed by atoms with Crippen LogP contribution >= 0.6 is 0 Å². The second-order valence-electron chi connectivity index (χ2n) is 6.12. The maximum absolute atomic E-state index is 14.3. The van der Waals surface area contributed by atoms with Gasteiger partial charge in [0.1, 0.15) is 0 Å². The van der Waals surface area contributed by atoms with Gasteiger partial charge in [0.25, 0.3) is 0 Å². The summed E-state index contributed by atoms with van der Waals surface area (Å²) >= 11 is 0. The zero-order valence-electron chi connectivity index (χ0n) is 13.4. The van der Waals surface area contributed by atoms with Gasteiger partial charge in [-0.1, -0.05) is 32.4 Å². The van der Waals surface area contributed by atoms with Crippen molar-refractivity contribution in [2.75, 3.05) is 20.2 Å². The van der Waals surface area contributed by atoms with Crippen molar-refractivity contribution in [2.45, 2.75) is 51.7 Å². The van der Waals surface area contributed by atoms with Crippen LogP contribution in [0, 0.1) is 5.82 Å². The highest BCUT2D eigenvalue weighted by Crippen LogP contribution is 2.24. The number of piperidine rings is 1. The second kappa shape index (κ2) is 7.76. The van der Waals surface area contributed by atoms with Crippen molar-refractivity contribution in [1.29, 1.82) is 0 Å². The zero-order chi connectivity index (χ0) is 15.2. The smallest absolute Gasteiger partial charge is 0.169 e. The lowest BCUT2D eigenvalue weighted by Gasteiger charge is -2.36. The number of methoxy groups -OCH3 is 1. The summed E-state index contributed by atoms with van der Waals surface area (Å²) in [6, 6.07) is 6.38. The van der Waals surface area contributed by atoms with E-state index >= 15 is 0 Å². The molecule has 1 unspecified atom stereocenters. The minimum Gasteiger partial charge on any atom is -0.494 e. The van der Waals surface area contributed by atoms with Gasteiger partial charge in [-0.2, -0.15) is 0 Å². The fourth-order valence-corrected chi connectivity index (χ4v) is 2.93. The number of nitrogens with one attached hydrogen (secondary N) is 1. The molecule has 1 saturated heterocycles. The van der Waals surface area contributed by atoms with Gasteiger partial charge in [0.15, 0.2) is 11.6 Å². The minimum atomic E-state index is -0.221. The molecule has 2 rings (SSSR count). The molecule has 4 heteroatoms. The van der Waals surface area contributed by atoms with Crippen LogP contribution in [0.2, 0.25) is 0 Å². The van der Waals surface area contributed by atoms with Crippen molar-refractivity contribution in [1.82, 2.24) is 10.2 Å². The van der Waals surface area contributed by atoms with Crippen LogP contribution < -0.4 is 10.1 Å². The molecule has 1 atom stereocenters. The Labute approximate surface area is 127 Å². The summed E-state index contributed by atoms with van der Waals surface area (Å²) < 4.78 is 19.4. The lowest BCUT2D eigenvalue weighted by atomic mass is 10.0. The molecular weight excluding hydrogens is 267 g/mol. The molecule has 1 aromatic carbocycles. The van der Waals surface area contributed by atoms with Crippen molar-refractivity contribution in [3.05, 3.63) is 29.6 Å². The van der Waals surface area contributed by atoms with Gasteiger partial charge in [-0.3, -0.25) is 4.90 Å². The quantitative estimate of drug-likeness (QED) is 0.872. The molecule has 0 aromatic heterocycles. The Kier molecular flexibility index (Phi) is 6.00. The molecule has 0 saturated carbocycles. The van der Waals surface area contributed by atoms with E-state index in [0.717, 1.165) is 18.7 Å². The van der Waals surface area contributed by atoms with E-state index in [1.54, 1.807) is 6.07 Å². The zero-order valence-corrected chi connectivity index (χ0v) is 13.4. The molecule has 118 valence electrons. The molecule has 1 fully saturated rings. The molecule has 1 aliphatic heterocycles. The van der Waals surface area contributed by atoms with Crippen LogP contribution in [0.25, 0.3) is 0 Å². The van der Waals surface area contributed by atoms with Crippen molar-refractivity contribution >= 4 is 0 Å². The SMILES string of the molecule is COc1cccc(CN2CCCCC2CNC(C)C)c1F. The Morgan fingerprint density at radius 3 is 2.90 bits per heavy atom. The summed E-state index contributed by atoms with van der Waals surface area (Å²) in [6.07, 6.45) is 3.65. The monoisotopic (exact) mass is 294 g/mol.